The van der Waals surface area contributed by atoms with Gasteiger partial charge in [0.15, 0.2) is 0 Å². The van der Waals surface area contributed by atoms with Crippen LogP contribution in [0.3, 0.4) is 0 Å². The molecule has 0 saturated carbocycles. The van der Waals surface area contributed by atoms with E-state index in [1.54, 1.807) is 0 Å². The topological polar surface area (TPSA) is 60.9 Å². The van der Waals surface area contributed by atoms with Gasteiger partial charge in [-0.25, -0.2) is 8.78 Å². The minimum absolute atomic E-state index is 0.114. The van der Waals surface area contributed by atoms with Crippen molar-refractivity contribution in [2.75, 3.05) is 40.3 Å². The molecule has 1 saturated heterocycles. The van der Waals surface area contributed by atoms with Crippen molar-refractivity contribution in [3.05, 3.63) is 35.4 Å². The first-order valence-electron chi connectivity index (χ1n) is 6.65. The molecule has 1 aliphatic rings. The number of carbonyl (C=O) groups excluding carboxylic acids is 1. The Morgan fingerprint density at radius 1 is 1.14 bits per heavy atom. The number of nitrogens with zero attached hydrogens (tertiary/aromatic N) is 3. The molecule has 0 unspecified atom stereocenters. The molecule has 0 aliphatic carbocycles. The lowest BCUT2D eigenvalue weighted by Crippen LogP contribution is -2.53. The lowest BCUT2D eigenvalue weighted by atomic mass is 10.1. The lowest BCUT2D eigenvalue weighted by molar-refractivity contribution is 0.0690. The van der Waals surface area contributed by atoms with Gasteiger partial charge in [-0.1, -0.05) is 0 Å². The van der Waals surface area contributed by atoms with Crippen LogP contribution in [0.2, 0.25) is 0 Å². The third-order valence-corrected chi connectivity index (χ3v) is 5.41. The Morgan fingerprint density at radius 2 is 1.73 bits per heavy atom. The van der Waals surface area contributed by atoms with E-state index in [4.69, 9.17) is 0 Å². The van der Waals surface area contributed by atoms with Gasteiger partial charge in [-0.15, -0.1) is 0 Å². The van der Waals surface area contributed by atoms with Crippen LogP contribution in [0, 0.1) is 11.6 Å². The van der Waals surface area contributed by atoms with Crippen molar-refractivity contribution in [3.8, 4) is 0 Å². The van der Waals surface area contributed by atoms with Gasteiger partial charge in [-0.2, -0.15) is 17.0 Å². The van der Waals surface area contributed by atoms with Crippen molar-refractivity contribution >= 4 is 16.1 Å². The van der Waals surface area contributed by atoms with Gasteiger partial charge < -0.3 is 4.90 Å². The van der Waals surface area contributed by atoms with Crippen LogP contribution in [-0.2, 0) is 10.2 Å². The minimum atomic E-state index is -3.53. The molecule has 0 bridgehead atoms. The third kappa shape index (κ3) is 3.26. The van der Waals surface area contributed by atoms with Crippen LogP contribution in [0.4, 0.5) is 8.78 Å². The van der Waals surface area contributed by atoms with Crippen LogP contribution in [0.15, 0.2) is 18.2 Å². The SMILES string of the molecule is CN(C)S(=O)(=O)N1CCN(C(=O)c2cc(F)ccc2F)CC1. The standard InChI is InChI=1S/C13H17F2N3O3S/c1-16(2)22(20,21)18-7-5-17(6-8-18)13(19)11-9-10(14)3-4-12(11)15/h3-4,9H,5-8H2,1-2H3. The van der Waals surface area contributed by atoms with Crippen LogP contribution in [0.5, 0.6) is 0 Å². The van der Waals surface area contributed by atoms with Gasteiger partial charge in [-0.3, -0.25) is 4.79 Å². The molecular weight excluding hydrogens is 316 g/mol. The van der Waals surface area contributed by atoms with Gasteiger partial charge in [0.05, 0.1) is 5.56 Å². The van der Waals surface area contributed by atoms with Crippen molar-refractivity contribution in [1.29, 1.82) is 0 Å². The Hall–Kier alpha value is -1.58. The summed E-state index contributed by atoms with van der Waals surface area (Å²) < 4.78 is 53.1. The van der Waals surface area contributed by atoms with Crippen LogP contribution in [0.25, 0.3) is 0 Å². The smallest absolute Gasteiger partial charge is 0.281 e. The highest BCUT2D eigenvalue weighted by molar-refractivity contribution is 7.86. The molecule has 1 aliphatic heterocycles. The summed E-state index contributed by atoms with van der Waals surface area (Å²) in [5.74, 6) is -2.13. The zero-order valence-electron chi connectivity index (χ0n) is 12.3. The predicted molar refractivity (Wildman–Crippen MR) is 76.4 cm³/mol. The van der Waals surface area contributed by atoms with E-state index in [-0.39, 0.29) is 31.7 Å². The van der Waals surface area contributed by atoms with Crippen LogP contribution < -0.4 is 0 Å². The molecule has 0 spiro atoms. The molecule has 6 nitrogen and oxygen atoms in total. The quantitative estimate of drug-likeness (QED) is 0.811. The first-order chi connectivity index (χ1) is 10.2. The second-order valence-corrected chi connectivity index (χ2v) is 7.25. The molecule has 22 heavy (non-hydrogen) atoms. The Labute approximate surface area is 128 Å². The summed E-state index contributed by atoms with van der Waals surface area (Å²) >= 11 is 0. The van der Waals surface area contributed by atoms with E-state index in [9.17, 15) is 22.0 Å². The maximum Gasteiger partial charge on any atom is 0.281 e. The highest BCUT2D eigenvalue weighted by Gasteiger charge is 2.31. The van der Waals surface area contributed by atoms with E-state index < -0.39 is 27.8 Å². The van der Waals surface area contributed by atoms with E-state index in [1.165, 1.54) is 23.3 Å². The number of hydrogen-bond donors (Lipinski definition) is 0. The summed E-state index contributed by atoms with van der Waals surface area (Å²) in [6.45, 7) is 0.482. The monoisotopic (exact) mass is 333 g/mol. The number of rotatable bonds is 3. The summed E-state index contributed by atoms with van der Waals surface area (Å²) in [5, 5.41) is 0. The first-order valence-corrected chi connectivity index (χ1v) is 8.05. The van der Waals surface area contributed by atoms with Crippen LogP contribution in [0.1, 0.15) is 10.4 Å². The zero-order chi connectivity index (χ0) is 16.5. The van der Waals surface area contributed by atoms with Gasteiger partial charge in [0.1, 0.15) is 11.6 Å². The molecule has 0 N–H and O–H groups in total. The number of piperazine rings is 1. The number of halogens is 2. The maximum atomic E-state index is 13.6. The molecule has 0 atom stereocenters. The van der Waals surface area contributed by atoms with Crippen LogP contribution in [-0.4, -0.2) is 68.1 Å². The number of carbonyl (C=O) groups is 1. The highest BCUT2D eigenvalue weighted by Crippen LogP contribution is 2.16. The summed E-state index contributed by atoms with van der Waals surface area (Å²) in [6, 6.07) is 2.68. The summed E-state index contributed by atoms with van der Waals surface area (Å²) in [6.07, 6.45) is 0. The van der Waals surface area contributed by atoms with E-state index in [0.29, 0.717) is 0 Å². The molecule has 2 rings (SSSR count). The van der Waals surface area contributed by atoms with Crippen molar-refractivity contribution < 1.29 is 22.0 Å². The fraction of sp³-hybridized carbons (Fsp3) is 0.462. The molecule has 1 fully saturated rings. The average Bonchev–Trinajstić information content (AvgIpc) is 2.49. The summed E-state index contributed by atoms with van der Waals surface area (Å²) in [5.41, 5.74) is -0.344. The second-order valence-electron chi connectivity index (χ2n) is 5.11. The van der Waals surface area contributed by atoms with Crippen LogP contribution >= 0.6 is 0 Å². The van der Waals surface area contributed by atoms with E-state index in [2.05, 4.69) is 0 Å². The largest absolute Gasteiger partial charge is 0.336 e. The number of amides is 1. The first kappa shape index (κ1) is 16.8. The Morgan fingerprint density at radius 3 is 2.27 bits per heavy atom. The summed E-state index contributed by atoms with van der Waals surface area (Å²) in [7, 11) is -0.683. The lowest BCUT2D eigenvalue weighted by Gasteiger charge is -2.35. The molecule has 1 heterocycles. The molecule has 1 amide bonds. The highest BCUT2D eigenvalue weighted by atomic mass is 32.2. The van der Waals surface area contributed by atoms with E-state index in [1.807, 2.05) is 0 Å². The van der Waals surface area contributed by atoms with E-state index in [0.717, 1.165) is 22.5 Å². The van der Waals surface area contributed by atoms with E-state index >= 15 is 0 Å². The van der Waals surface area contributed by atoms with Gasteiger partial charge in [0.25, 0.3) is 16.1 Å². The van der Waals surface area contributed by atoms with Gasteiger partial charge in [0.2, 0.25) is 0 Å². The number of benzene rings is 1. The molecule has 1 aromatic carbocycles. The molecule has 0 radical (unpaired) electrons. The van der Waals surface area contributed by atoms with Crippen molar-refractivity contribution in [2.45, 2.75) is 0 Å². The minimum Gasteiger partial charge on any atom is -0.336 e. The average molecular weight is 333 g/mol. The Kier molecular flexibility index (Phi) is 4.78. The van der Waals surface area contributed by atoms with Gasteiger partial charge >= 0.3 is 0 Å². The molecule has 0 aromatic heterocycles. The molecule has 9 heteroatoms. The Bertz CT molecular complexity index is 671. The fourth-order valence-electron chi connectivity index (χ4n) is 2.18. The number of hydrogen-bond acceptors (Lipinski definition) is 3. The molecule has 1 aromatic rings. The van der Waals surface area contributed by atoms with Gasteiger partial charge in [-0.05, 0) is 18.2 Å². The molecule has 122 valence electrons. The Balaban J connectivity index is 2.09. The molecular formula is C13H17F2N3O3S. The van der Waals surface area contributed by atoms with Crippen molar-refractivity contribution in [3.63, 3.8) is 0 Å². The van der Waals surface area contributed by atoms with Crippen molar-refractivity contribution in [2.24, 2.45) is 0 Å². The van der Waals surface area contributed by atoms with Gasteiger partial charge in [0, 0.05) is 40.3 Å². The second kappa shape index (κ2) is 6.27. The fourth-order valence-corrected chi connectivity index (χ4v) is 3.27. The van der Waals surface area contributed by atoms with Crippen molar-refractivity contribution in [1.82, 2.24) is 13.5 Å². The maximum absolute atomic E-state index is 13.6. The normalized spacial score (nSPS) is 17.0. The predicted octanol–water partition coefficient (Wildman–Crippen LogP) is 0.529. The third-order valence-electron chi connectivity index (χ3n) is 3.47. The zero-order valence-corrected chi connectivity index (χ0v) is 13.1. The summed E-state index contributed by atoms with van der Waals surface area (Å²) in [4.78, 5) is 13.5.